The van der Waals surface area contributed by atoms with Crippen molar-refractivity contribution < 1.29 is 4.79 Å². The van der Waals surface area contributed by atoms with Crippen molar-refractivity contribution in [2.75, 3.05) is 12.4 Å². The highest BCUT2D eigenvalue weighted by atomic mass is 16.1. The zero-order chi connectivity index (χ0) is 11.0. The maximum Gasteiger partial charge on any atom is 0.122 e. The molecule has 2 heteroatoms. The SMILES string of the molecule is CC(C)C=O.CNc1ccc(C)cc1. The van der Waals surface area contributed by atoms with Crippen LogP contribution in [0.3, 0.4) is 0 Å². The van der Waals surface area contributed by atoms with Crippen LogP contribution in [0.15, 0.2) is 24.3 Å². The van der Waals surface area contributed by atoms with E-state index in [1.54, 1.807) is 0 Å². The maximum atomic E-state index is 9.50. The van der Waals surface area contributed by atoms with Gasteiger partial charge in [-0.3, -0.25) is 0 Å². The van der Waals surface area contributed by atoms with Gasteiger partial charge in [0.05, 0.1) is 0 Å². The third-order valence-corrected chi connectivity index (χ3v) is 1.61. The summed E-state index contributed by atoms with van der Waals surface area (Å²) in [5, 5.41) is 3.05. The molecule has 0 amide bonds. The number of carbonyl (C=O) groups is 1. The Balaban J connectivity index is 0.000000292. The molecule has 0 unspecified atom stereocenters. The minimum atomic E-state index is 0.204. The Morgan fingerprint density at radius 1 is 1.21 bits per heavy atom. The predicted octanol–water partition coefficient (Wildman–Crippen LogP) is 2.88. The number of aldehydes is 1. The summed E-state index contributed by atoms with van der Waals surface area (Å²) in [6.07, 6.45) is 0.917. The molecule has 0 bridgehead atoms. The molecule has 1 N–H and O–H groups in total. The molecule has 0 saturated carbocycles. The van der Waals surface area contributed by atoms with Crippen LogP contribution in [-0.2, 0) is 4.79 Å². The number of anilines is 1. The van der Waals surface area contributed by atoms with Crippen molar-refractivity contribution in [1.29, 1.82) is 0 Å². The normalized spacial score (nSPS) is 8.93. The summed E-state index contributed by atoms with van der Waals surface area (Å²) in [7, 11) is 1.92. The molecular formula is C12H19NO. The summed E-state index contributed by atoms with van der Waals surface area (Å²) in [5.74, 6) is 0.204. The van der Waals surface area contributed by atoms with Crippen LogP contribution < -0.4 is 5.32 Å². The third kappa shape index (κ3) is 6.23. The number of rotatable bonds is 2. The first-order valence-electron chi connectivity index (χ1n) is 4.80. The molecule has 1 aromatic rings. The molecule has 0 radical (unpaired) electrons. The van der Waals surface area contributed by atoms with Crippen molar-refractivity contribution >= 4 is 12.0 Å². The number of carbonyl (C=O) groups excluding carboxylic acids is 1. The number of benzene rings is 1. The molecule has 2 nitrogen and oxygen atoms in total. The van der Waals surface area contributed by atoms with Crippen molar-refractivity contribution in [2.45, 2.75) is 20.8 Å². The lowest BCUT2D eigenvalue weighted by atomic mass is 10.2. The van der Waals surface area contributed by atoms with Crippen LogP contribution in [0.1, 0.15) is 19.4 Å². The first-order chi connectivity index (χ1) is 6.60. The Bertz CT molecular complexity index is 252. The third-order valence-electron chi connectivity index (χ3n) is 1.61. The van der Waals surface area contributed by atoms with Gasteiger partial charge in [-0.15, -0.1) is 0 Å². The lowest BCUT2D eigenvalue weighted by Gasteiger charge is -1.97. The van der Waals surface area contributed by atoms with E-state index in [0.717, 1.165) is 6.29 Å². The lowest BCUT2D eigenvalue weighted by molar-refractivity contribution is -0.110. The quantitative estimate of drug-likeness (QED) is 0.732. The van der Waals surface area contributed by atoms with Gasteiger partial charge in [0, 0.05) is 18.7 Å². The van der Waals surface area contributed by atoms with Gasteiger partial charge in [0.15, 0.2) is 0 Å². The number of nitrogens with one attached hydrogen (secondary N) is 1. The van der Waals surface area contributed by atoms with E-state index in [1.165, 1.54) is 11.3 Å². The topological polar surface area (TPSA) is 29.1 Å². The molecule has 0 aliphatic heterocycles. The fourth-order valence-electron chi connectivity index (χ4n) is 0.720. The summed E-state index contributed by atoms with van der Waals surface area (Å²) in [4.78, 5) is 9.50. The van der Waals surface area contributed by atoms with Crippen molar-refractivity contribution in [3.8, 4) is 0 Å². The largest absolute Gasteiger partial charge is 0.388 e. The van der Waals surface area contributed by atoms with Gasteiger partial charge in [0.2, 0.25) is 0 Å². The zero-order valence-corrected chi connectivity index (χ0v) is 9.37. The molecule has 0 fully saturated rings. The molecule has 78 valence electrons. The summed E-state index contributed by atoms with van der Waals surface area (Å²) in [6.45, 7) is 5.79. The van der Waals surface area contributed by atoms with Crippen molar-refractivity contribution in [3.05, 3.63) is 29.8 Å². The second-order valence-corrected chi connectivity index (χ2v) is 3.50. The zero-order valence-electron chi connectivity index (χ0n) is 9.37. The van der Waals surface area contributed by atoms with Gasteiger partial charge in [0.1, 0.15) is 6.29 Å². The number of aryl methyl sites for hydroxylation is 1. The monoisotopic (exact) mass is 193 g/mol. The molecule has 0 spiro atoms. The van der Waals surface area contributed by atoms with Gasteiger partial charge in [-0.1, -0.05) is 31.5 Å². The highest BCUT2D eigenvalue weighted by molar-refractivity contribution is 5.51. The molecule has 0 aliphatic rings. The van der Waals surface area contributed by atoms with E-state index in [2.05, 4.69) is 36.5 Å². The summed E-state index contributed by atoms with van der Waals surface area (Å²) in [6, 6.07) is 8.31. The average molecular weight is 193 g/mol. The van der Waals surface area contributed by atoms with Gasteiger partial charge in [0.25, 0.3) is 0 Å². The fraction of sp³-hybridized carbons (Fsp3) is 0.417. The second-order valence-electron chi connectivity index (χ2n) is 3.50. The Hall–Kier alpha value is -1.31. The minimum Gasteiger partial charge on any atom is -0.388 e. The first-order valence-corrected chi connectivity index (χ1v) is 4.80. The van der Waals surface area contributed by atoms with Crippen LogP contribution in [0.5, 0.6) is 0 Å². The lowest BCUT2D eigenvalue weighted by Crippen LogP contribution is -1.85. The molecule has 0 saturated heterocycles. The van der Waals surface area contributed by atoms with Crippen molar-refractivity contribution in [2.24, 2.45) is 5.92 Å². The van der Waals surface area contributed by atoms with E-state index < -0.39 is 0 Å². The Labute approximate surface area is 86.3 Å². The first kappa shape index (κ1) is 12.7. The minimum absolute atomic E-state index is 0.204. The van der Waals surface area contributed by atoms with E-state index in [1.807, 2.05) is 20.9 Å². The van der Waals surface area contributed by atoms with Crippen molar-refractivity contribution in [3.63, 3.8) is 0 Å². The highest BCUT2D eigenvalue weighted by Gasteiger charge is 1.83. The average Bonchev–Trinajstić information content (AvgIpc) is 2.20. The summed E-state index contributed by atoms with van der Waals surface area (Å²) < 4.78 is 0. The molecule has 1 aromatic carbocycles. The van der Waals surface area contributed by atoms with Crippen LogP contribution in [0.25, 0.3) is 0 Å². The van der Waals surface area contributed by atoms with Gasteiger partial charge in [-0.05, 0) is 19.1 Å². The molecule has 1 rings (SSSR count). The van der Waals surface area contributed by atoms with E-state index in [-0.39, 0.29) is 5.92 Å². The smallest absolute Gasteiger partial charge is 0.122 e. The predicted molar refractivity (Wildman–Crippen MR) is 61.6 cm³/mol. The molecule has 0 aliphatic carbocycles. The van der Waals surface area contributed by atoms with E-state index in [9.17, 15) is 4.79 Å². The van der Waals surface area contributed by atoms with Crippen molar-refractivity contribution in [1.82, 2.24) is 0 Å². The molecule has 0 aromatic heterocycles. The standard InChI is InChI=1S/C8H11N.C4H8O/c1-7-3-5-8(9-2)6-4-7;1-4(2)3-5/h3-6,9H,1-2H3;3-4H,1-2H3. The van der Waals surface area contributed by atoms with Gasteiger partial charge < -0.3 is 10.1 Å². The van der Waals surface area contributed by atoms with Crippen LogP contribution in [0.4, 0.5) is 5.69 Å². The van der Waals surface area contributed by atoms with Crippen LogP contribution in [0, 0.1) is 12.8 Å². The molecule has 0 heterocycles. The highest BCUT2D eigenvalue weighted by Crippen LogP contribution is 2.06. The van der Waals surface area contributed by atoms with E-state index >= 15 is 0 Å². The summed E-state index contributed by atoms with van der Waals surface area (Å²) in [5.41, 5.74) is 2.47. The molecule has 0 atom stereocenters. The number of hydrogen-bond donors (Lipinski definition) is 1. The van der Waals surface area contributed by atoms with Gasteiger partial charge >= 0.3 is 0 Å². The summed E-state index contributed by atoms with van der Waals surface area (Å²) >= 11 is 0. The molecular weight excluding hydrogens is 174 g/mol. The second kappa shape index (κ2) is 7.13. The Morgan fingerprint density at radius 3 is 1.93 bits per heavy atom. The Morgan fingerprint density at radius 2 is 1.64 bits per heavy atom. The van der Waals surface area contributed by atoms with Gasteiger partial charge in [-0.2, -0.15) is 0 Å². The number of hydrogen-bond acceptors (Lipinski definition) is 2. The van der Waals surface area contributed by atoms with Crippen LogP contribution >= 0.6 is 0 Å². The van der Waals surface area contributed by atoms with Crippen LogP contribution in [-0.4, -0.2) is 13.3 Å². The van der Waals surface area contributed by atoms with E-state index in [0.29, 0.717) is 0 Å². The van der Waals surface area contributed by atoms with Gasteiger partial charge in [-0.25, -0.2) is 0 Å². The Kier molecular flexibility index (Phi) is 6.46. The maximum absolute atomic E-state index is 9.50. The molecule has 14 heavy (non-hydrogen) atoms. The fourth-order valence-corrected chi connectivity index (χ4v) is 0.720. The van der Waals surface area contributed by atoms with Crippen LogP contribution in [0.2, 0.25) is 0 Å². The van der Waals surface area contributed by atoms with E-state index in [4.69, 9.17) is 0 Å².